The number of hydrogen-bond acceptors (Lipinski definition) is 2. The summed E-state index contributed by atoms with van der Waals surface area (Å²) in [7, 11) is 0. The van der Waals surface area contributed by atoms with E-state index in [1.54, 1.807) is 0 Å². The van der Waals surface area contributed by atoms with Gasteiger partial charge in [0.2, 0.25) is 0 Å². The van der Waals surface area contributed by atoms with Gasteiger partial charge in [-0.15, -0.1) is 0 Å². The Morgan fingerprint density at radius 3 is 1.00 bits per heavy atom. The summed E-state index contributed by atoms with van der Waals surface area (Å²) < 4.78 is 2.39. The van der Waals surface area contributed by atoms with E-state index in [4.69, 9.17) is 0 Å². The Hall–Kier alpha value is -8.40. The summed E-state index contributed by atoms with van der Waals surface area (Å²) in [6, 6.07) is 93.6. The van der Waals surface area contributed by atoms with Crippen molar-refractivity contribution in [1.29, 1.82) is 0 Å². The van der Waals surface area contributed by atoms with Crippen molar-refractivity contribution in [3.63, 3.8) is 0 Å². The van der Waals surface area contributed by atoms with Gasteiger partial charge in [0.1, 0.15) is 0 Å². The quantitative estimate of drug-likeness (QED) is 0.136. The van der Waals surface area contributed by atoms with Crippen molar-refractivity contribution in [3.8, 4) is 39.1 Å². The van der Waals surface area contributed by atoms with Crippen LogP contribution in [0.15, 0.2) is 261 Å². The third-order valence-corrected chi connectivity index (χ3v) is 12.0. The van der Waals surface area contributed by atoms with Crippen molar-refractivity contribution in [2.24, 2.45) is 0 Å². The molecule has 0 radical (unpaired) electrons. The lowest BCUT2D eigenvalue weighted by Crippen LogP contribution is -2.10. The van der Waals surface area contributed by atoms with Gasteiger partial charge in [-0.05, 0) is 130 Å². The molecule has 0 bridgehead atoms. The minimum atomic E-state index is 1.09. The lowest BCUT2D eigenvalue weighted by molar-refractivity contribution is 1.18. The van der Waals surface area contributed by atoms with E-state index in [-0.39, 0.29) is 0 Å². The monoisotopic (exact) mass is 805 g/mol. The van der Waals surface area contributed by atoms with Crippen LogP contribution in [0, 0.1) is 0 Å². The summed E-state index contributed by atoms with van der Waals surface area (Å²) >= 11 is 0. The first-order chi connectivity index (χ1) is 31.2. The Bertz CT molecular complexity index is 3270. The molecule has 0 atom stereocenters. The van der Waals surface area contributed by atoms with E-state index in [1.165, 1.54) is 44.1 Å². The van der Waals surface area contributed by atoms with Gasteiger partial charge in [-0.3, -0.25) is 0 Å². The van der Waals surface area contributed by atoms with Crippen LogP contribution in [0.2, 0.25) is 0 Å². The van der Waals surface area contributed by atoms with Gasteiger partial charge in [-0.2, -0.15) is 0 Å². The van der Waals surface area contributed by atoms with E-state index >= 15 is 0 Å². The lowest BCUT2D eigenvalue weighted by Gasteiger charge is -2.26. The number of anilines is 6. The molecule has 0 aliphatic carbocycles. The molecule has 0 unspecified atom stereocenters. The Morgan fingerprint density at radius 2 is 0.540 bits per heavy atom. The molecule has 0 N–H and O–H groups in total. The molecule has 0 fully saturated rings. The molecule has 0 spiro atoms. The maximum atomic E-state index is 2.39. The highest BCUT2D eigenvalue weighted by Crippen LogP contribution is 2.41. The summed E-state index contributed by atoms with van der Waals surface area (Å²) in [6.07, 6.45) is 0. The molecule has 0 saturated heterocycles. The summed E-state index contributed by atoms with van der Waals surface area (Å²) in [5.41, 5.74) is 17.3. The molecule has 63 heavy (non-hydrogen) atoms. The summed E-state index contributed by atoms with van der Waals surface area (Å²) in [5, 5.41) is 2.44. The predicted octanol–water partition coefficient (Wildman–Crippen LogP) is 16.7. The molecular formula is C60H43N3. The van der Waals surface area contributed by atoms with Crippen LogP contribution < -0.4 is 9.80 Å². The molecule has 0 saturated carbocycles. The van der Waals surface area contributed by atoms with Crippen molar-refractivity contribution < 1.29 is 0 Å². The van der Waals surface area contributed by atoms with Crippen LogP contribution in [-0.4, -0.2) is 4.57 Å². The second kappa shape index (κ2) is 16.6. The van der Waals surface area contributed by atoms with Crippen molar-refractivity contribution in [3.05, 3.63) is 261 Å². The van der Waals surface area contributed by atoms with Crippen molar-refractivity contribution >= 4 is 55.9 Å². The number of rotatable bonds is 10. The highest BCUT2D eigenvalue weighted by molar-refractivity contribution is 6.10. The minimum absolute atomic E-state index is 1.09. The highest BCUT2D eigenvalue weighted by atomic mass is 15.1. The first kappa shape index (κ1) is 37.6. The van der Waals surface area contributed by atoms with E-state index in [1.807, 2.05) is 0 Å². The second-order valence-corrected chi connectivity index (χ2v) is 15.8. The zero-order valence-corrected chi connectivity index (χ0v) is 34.7. The van der Waals surface area contributed by atoms with E-state index in [0.29, 0.717) is 0 Å². The summed E-state index contributed by atoms with van der Waals surface area (Å²) in [6.45, 7) is 0. The molecule has 1 heterocycles. The van der Waals surface area contributed by atoms with Gasteiger partial charge >= 0.3 is 0 Å². The van der Waals surface area contributed by atoms with Gasteiger partial charge in [0, 0.05) is 50.6 Å². The summed E-state index contributed by atoms with van der Waals surface area (Å²) in [5.74, 6) is 0. The van der Waals surface area contributed by atoms with E-state index in [0.717, 1.165) is 50.9 Å². The fraction of sp³-hybridized carbons (Fsp3) is 0. The Labute approximate surface area is 368 Å². The van der Waals surface area contributed by atoms with Gasteiger partial charge in [-0.25, -0.2) is 0 Å². The summed E-state index contributed by atoms with van der Waals surface area (Å²) in [4.78, 5) is 4.67. The Balaban J connectivity index is 0.918. The number of nitrogens with zero attached hydrogens (tertiary/aromatic N) is 3. The molecule has 3 nitrogen and oxygen atoms in total. The molecular weight excluding hydrogens is 763 g/mol. The smallest absolute Gasteiger partial charge is 0.0542 e. The average molecular weight is 806 g/mol. The SMILES string of the molecule is c1ccc(-c2ccc(N(c3ccccc3)c3ccc(-c4ccc(N(c5ccccc5)c5ccc6c(c5)c5ccccc5n6-c5ccc(-c6ccccc6)cc5)cc4)cc3)cc2)cc1. The van der Waals surface area contributed by atoms with Gasteiger partial charge in [0.15, 0.2) is 0 Å². The topological polar surface area (TPSA) is 11.4 Å². The molecule has 0 amide bonds. The van der Waals surface area contributed by atoms with Gasteiger partial charge in [0.05, 0.1) is 11.0 Å². The van der Waals surface area contributed by atoms with Crippen molar-refractivity contribution in [2.45, 2.75) is 0 Å². The van der Waals surface area contributed by atoms with Crippen LogP contribution in [0.1, 0.15) is 0 Å². The lowest BCUT2D eigenvalue weighted by atomic mass is 10.0. The maximum absolute atomic E-state index is 2.39. The Morgan fingerprint density at radius 1 is 0.222 bits per heavy atom. The van der Waals surface area contributed by atoms with E-state index in [9.17, 15) is 0 Å². The van der Waals surface area contributed by atoms with Crippen molar-refractivity contribution in [2.75, 3.05) is 9.80 Å². The molecule has 0 aliphatic rings. The number of para-hydroxylation sites is 3. The molecule has 10 aromatic carbocycles. The second-order valence-electron chi connectivity index (χ2n) is 15.8. The number of benzene rings is 10. The van der Waals surface area contributed by atoms with Crippen LogP contribution in [0.4, 0.5) is 34.1 Å². The number of hydrogen-bond donors (Lipinski definition) is 0. The highest BCUT2D eigenvalue weighted by Gasteiger charge is 2.18. The molecule has 11 aromatic rings. The number of aromatic nitrogens is 1. The third kappa shape index (κ3) is 7.32. The molecule has 0 aliphatic heterocycles. The molecule has 11 rings (SSSR count). The maximum Gasteiger partial charge on any atom is 0.0542 e. The number of fused-ring (bicyclic) bond motifs is 3. The van der Waals surface area contributed by atoms with E-state index in [2.05, 4.69) is 275 Å². The average Bonchev–Trinajstić information content (AvgIpc) is 3.70. The zero-order chi connectivity index (χ0) is 42.0. The van der Waals surface area contributed by atoms with Crippen LogP contribution in [0.5, 0.6) is 0 Å². The molecule has 298 valence electrons. The molecule has 1 aromatic heterocycles. The normalized spacial score (nSPS) is 11.2. The van der Waals surface area contributed by atoms with Crippen LogP contribution in [0.3, 0.4) is 0 Å². The largest absolute Gasteiger partial charge is 0.311 e. The predicted molar refractivity (Wildman–Crippen MR) is 266 cm³/mol. The van der Waals surface area contributed by atoms with E-state index < -0.39 is 0 Å². The minimum Gasteiger partial charge on any atom is -0.311 e. The van der Waals surface area contributed by atoms with Gasteiger partial charge < -0.3 is 14.4 Å². The first-order valence-electron chi connectivity index (χ1n) is 21.5. The van der Waals surface area contributed by atoms with Gasteiger partial charge in [0.25, 0.3) is 0 Å². The van der Waals surface area contributed by atoms with Crippen LogP contribution in [0.25, 0.3) is 60.9 Å². The fourth-order valence-electron chi connectivity index (χ4n) is 8.90. The molecule has 3 heteroatoms. The standard InChI is InChI=1S/C60H43N3/c1-5-15-44(16-6-1)46-25-33-52(34-26-46)61(50-19-9-3-10-20-50)53-35-27-48(28-36-53)49-29-37-54(38-30-49)62(51-21-11-4-12-22-51)56-41-42-60-58(43-56)57-23-13-14-24-59(57)63(60)55-39-31-47(32-40-55)45-17-7-2-8-18-45/h1-43H. The van der Waals surface area contributed by atoms with Crippen LogP contribution >= 0.6 is 0 Å². The third-order valence-electron chi connectivity index (χ3n) is 12.0. The van der Waals surface area contributed by atoms with Crippen LogP contribution in [-0.2, 0) is 0 Å². The Kier molecular flexibility index (Phi) is 9.89. The van der Waals surface area contributed by atoms with Crippen molar-refractivity contribution in [1.82, 2.24) is 4.57 Å². The van der Waals surface area contributed by atoms with Gasteiger partial charge in [-0.1, -0.05) is 164 Å². The first-order valence-corrected chi connectivity index (χ1v) is 21.5. The fourth-order valence-corrected chi connectivity index (χ4v) is 8.90. The zero-order valence-electron chi connectivity index (χ0n) is 34.7.